The van der Waals surface area contributed by atoms with Crippen LogP contribution >= 0.6 is 0 Å². The first kappa shape index (κ1) is 15.4. The summed E-state index contributed by atoms with van der Waals surface area (Å²) in [6, 6.07) is 5.59. The second-order valence-electron chi connectivity index (χ2n) is 6.44. The third-order valence-electron chi connectivity index (χ3n) is 4.81. The molecule has 0 aliphatic carbocycles. The van der Waals surface area contributed by atoms with E-state index in [0.29, 0.717) is 18.8 Å². The molecule has 0 aromatic carbocycles. The van der Waals surface area contributed by atoms with Crippen molar-refractivity contribution in [2.24, 2.45) is 5.41 Å². The fourth-order valence-corrected chi connectivity index (χ4v) is 3.79. The van der Waals surface area contributed by atoms with Crippen LogP contribution in [0, 0.1) is 12.3 Å². The number of aryl methyl sites for hydroxylation is 1. The number of amides is 1. The van der Waals surface area contributed by atoms with Gasteiger partial charge in [0.25, 0.3) is 5.91 Å². The maximum Gasteiger partial charge on any atom is 0.272 e. The molecule has 3 rings (SSSR count). The Balaban J connectivity index is 1.79. The second-order valence-corrected chi connectivity index (χ2v) is 6.44. The van der Waals surface area contributed by atoms with Gasteiger partial charge in [0, 0.05) is 37.9 Å². The van der Waals surface area contributed by atoms with Crippen molar-refractivity contribution in [1.82, 2.24) is 9.88 Å². The summed E-state index contributed by atoms with van der Waals surface area (Å²) < 4.78 is 11.4. The Bertz CT molecular complexity index is 544. The van der Waals surface area contributed by atoms with Gasteiger partial charge in [-0.2, -0.15) is 0 Å². The van der Waals surface area contributed by atoms with E-state index < -0.39 is 0 Å². The standard InChI is InChI=1S/C17H24N2O3/c1-13-5-3-6-14(18-13)16(20)19-9-7-15-17(11-19,12-21-2)8-4-10-22-15/h3,5-6,15H,4,7-12H2,1-2H3/t15-,17+/m1/s1. The lowest BCUT2D eigenvalue weighted by Gasteiger charge is -2.50. The van der Waals surface area contributed by atoms with Gasteiger partial charge in [-0.15, -0.1) is 0 Å². The van der Waals surface area contributed by atoms with Gasteiger partial charge < -0.3 is 14.4 Å². The van der Waals surface area contributed by atoms with Crippen LogP contribution in [0.3, 0.4) is 0 Å². The predicted octanol–water partition coefficient (Wildman–Crippen LogP) is 2.05. The van der Waals surface area contributed by atoms with Gasteiger partial charge in [0.1, 0.15) is 5.69 Å². The molecule has 1 aromatic heterocycles. The molecule has 0 unspecified atom stereocenters. The maximum absolute atomic E-state index is 12.8. The van der Waals surface area contributed by atoms with E-state index in [1.165, 1.54) is 0 Å². The first-order chi connectivity index (χ1) is 10.6. The van der Waals surface area contributed by atoms with Gasteiger partial charge in [-0.25, -0.2) is 4.98 Å². The number of carbonyl (C=O) groups excluding carboxylic acids is 1. The Labute approximate surface area is 131 Å². The number of carbonyl (C=O) groups is 1. The predicted molar refractivity (Wildman–Crippen MR) is 82.8 cm³/mol. The summed E-state index contributed by atoms with van der Waals surface area (Å²) in [6.07, 6.45) is 3.16. The number of piperidine rings is 1. The van der Waals surface area contributed by atoms with Gasteiger partial charge in [-0.05, 0) is 38.3 Å². The number of fused-ring (bicyclic) bond motifs is 1. The van der Waals surface area contributed by atoms with Crippen LogP contribution < -0.4 is 0 Å². The van der Waals surface area contributed by atoms with Crippen molar-refractivity contribution in [3.63, 3.8) is 0 Å². The van der Waals surface area contributed by atoms with Gasteiger partial charge in [0.15, 0.2) is 0 Å². The normalized spacial score (nSPS) is 28.3. The summed E-state index contributed by atoms with van der Waals surface area (Å²) >= 11 is 0. The Morgan fingerprint density at radius 2 is 2.41 bits per heavy atom. The lowest BCUT2D eigenvalue weighted by atomic mass is 9.73. The molecular formula is C17H24N2O3. The number of likely N-dealkylation sites (tertiary alicyclic amines) is 1. The molecule has 2 atom stereocenters. The summed E-state index contributed by atoms with van der Waals surface area (Å²) in [6.45, 7) is 4.79. The molecule has 22 heavy (non-hydrogen) atoms. The molecule has 120 valence electrons. The quantitative estimate of drug-likeness (QED) is 0.857. The molecule has 0 N–H and O–H groups in total. The van der Waals surface area contributed by atoms with Crippen LogP contribution in [0.25, 0.3) is 0 Å². The third-order valence-corrected chi connectivity index (χ3v) is 4.81. The number of ether oxygens (including phenoxy) is 2. The van der Waals surface area contributed by atoms with Gasteiger partial charge in [-0.3, -0.25) is 4.79 Å². The zero-order valence-corrected chi connectivity index (χ0v) is 13.4. The van der Waals surface area contributed by atoms with Crippen LogP contribution in [0.4, 0.5) is 0 Å². The highest BCUT2D eigenvalue weighted by Crippen LogP contribution is 2.40. The van der Waals surface area contributed by atoms with Gasteiger partial charge in [0.05, 0.1) is 12.7 Å². The summed E-state index contributed by atoms with van der Waals surface area (Å²) in [4.78, 5) is 19.0. The Kier molecular flexibility index (Phi) is 4.45. The van der Waals surface area contributed by atoms with E-state index in [1.54, 1.807) is 13.2 Å². The Hall–Kier alpha value is -1.46. The molecule has 2 fully saturated rings. The van der Waals surface area contributed by atoms with Crippen molar-refractivity contribution in [2.75, 3.05) is 33.4 Å². The van der Waals surface area contributed by atoms with Crippen LogP contribution in [-0.2, 0) is 9.47 Å². The SMILES string of the molecule is COC[C@@]12CCCO[C@@H]1CCN(C(=O)c1cccc(C)n1)C2. The Morgan fingerprint density at radius 1 is 1.55 bits per heavy atom. The maximum atomic E-state index is 12.8. The fraction of sp³-hybridized carbons (Fsp3) is 0.647. The minimum Gasteiger partial charge on any atom is -0.384 e. The lowest BCUT2D eigenvalue weighted by Crippen LogP contribution is -2.58. The highest BCUT2D eigenvalue weighted by Gasteiger charge is 2.47. The molecule has 1 aromatic rings. The van der Waals surface area contributed by atoms with Crippen LogP contribution in [0.15, 0.2) is 18.2 Å². The first-order valence-electron chi connectivity index (χ1n) is 7.98. The molecule has 3 heterocycles. The molecule has 0 spiro atoms. The minimum atomic E-state index is -0.0647. The molecule has 5 nitrogen and oxygen atoms in total. The largest absolute Gasteiger partial charge is 0.384 e. The van der Waals surface area contributed by atoms with Crippen molar-refractivity contribution in [3.8, 4) is 0 Å². The smallest absolute Gasteiger partial charge is 0.272 e. The van der Waals surface area contributed by atoms with E-state index in [-0.39, 0.29) is 17.4 Å². The number of aromatic nitrogens is 1. The first-order valence-corrected chi connectivity index (χ1v) is 7.98. The van der Waals surface area contributed by atoms with Crippen LogP contribution in [0.1, 0.15) is 35.4 Å². The van der Waals surface area contributed by atoms with Gasteiger partial charge >= 0.3 is 0 Å². The monoisotopic (exact) mass is 304 g/mol. The van der Waals surface area contributed by atoms with E-state index in [0.717, 1.165) is 38.1 Å². The zero-order valence-electron chi connectivity index (χ0n) is 13.4. The van der Waals surface area contributed by atoms with Gasteiger partial charge in [-0.1, -0.05) is 6.07 Å². The molecular weight excluding hydrogens is 280 g/mol. The van der Waals surface area contributed by atoms with Crippen LogP contribution in [0.2, 0.25) is 0 Å². The average molecular weight is 304 g/mol. The third kappa shape index (κ3) is 2.88. The number of hydrogen-bond donors (Lipinski definition) is 0. The number of rotatable bonds is 3. The second kappa shape index (κ2) is 6.34. The summed E-state index contributed by atoms with van der Waals surface area (Å²) in [5.41, 5.74) is 1.33. The Morgan fingerprint density at radius 3 is 3.18 bits per heavy atom. The molecule has 0 saturated carbocycles. The molecule has 2 saturated heterocycles. The summed E-state index contributed by atoms with van der Waals surface area (Å²) in [5.74, 6) is 0.0169. The number of methoxy groups -OCH3 is 1. The van der Waals surface area contributed by atoms with E-state index in [1.807, 2.05) is 24.0 Å². The molecule has 1 amide bonds. The van der Waals surface area contributed by atoms with Crippen molar-refractivity contribution in [1.29, 1.82) is 0 Å². The highest BCUT2D eigenvalue weighted by molar-refractivity contribution is 5.92. The van der Waals surface area contributed by atoms with Crippen molar-refractivity contribution in [2.45, 2.75) is 32.3 Å². The summed E-state index contributed by atoms with van der Waals surface area (Å²) in [7, 11) is 1.73. The number of pyridine rings is 1. The zero-order chi connectivity index (χ0) is 15.6. The number of nitrogens with zero attached hydrogens (tertiary/aromatic N) is 2. The molecule has 0 bridgehead atoms. The number of hydrogen-bond acceptors (Lipinski definition) is 4. The average Bonchev–Trinajstić information content (AvgIpc) is 2.53. The van der Waals surface area contributed by atoms with Crippen molar-refractivity contribution >= 4 is 5.91 Å². The van der Waals surface area contributed by atoms with Crippen LogP contribution in [-0.4, -0.2) is 55.3 Å². The van der Waals surface area contributed by atoms with Crippen LogP contribution in [0.5, 0.6) is 0 Å². The lowest BCUT2D eigenvalue weighted by molar-refractivity contribution is -0.142. The molecule has 2 aliphatic heterocycles. The molecule has 5 heteroatoms. The summed E-state index contributed by atoms with van der Waals surface area (Å²) in [5, 5.41) is 0. The van der Waals surface area contributed by atoms with E-state index in [2.05, 4.69) is 4.98 Å². The molecule has 0 radical (unpaired) electrons. The van der Waals surface area contributed by atoms with Gasteiger partial charge in [0.2, 0.25) is 0 Å². The van der Waals surface area contributed by atoms with Crippen molar-refractivity contribution in [3.05, 3.63) is 29.6 Å². The minimum absolute atomic E-state index is 0.0169. The highest BCUT2D eigenvalue weighted by atomic mass is 16.5. The van der Waals surface area contributed by atoms with E-state index >= 15 is 0 Å². The van der Waals surface area contributed by atoms with E-state index in [9.17, 15) is 4.79 Å². The fourth-order valence-electron chi connectivity index (χ4n) is 3.79. The molecule has 2 aliphatic rings. The topological polar surface area (TPSA) is 51.7 Å². The van der Waals surface area contributed by atoms with E-state index in [4.69, 9.17) is 9.47 Å². The van der Waals surface area contributed by atoms with Crippen molar-refractivity contribution < 1.29 is 14.3 Å².